The number of fused-ring (bicyclic) bond motifs is 1. The van der Waals surface area contributed by atoms with Crippen molar-refractivity contribution >= 4 is 15.9 Å². The van der Waals surface area contributed by atoms with E-state index in [1.54, 1.807) is 29.5 Å². The number of likely N-dealkylation sites (N-methyl/N-ethyl adjacent to an activating group) is 1. The van der Waals surface area contributed by atoms with Crippen LogP contribution in [0.2, 0.25) is 0 Å². The van der Waals surface area contributed by atoms with Crippen molar-refractivity contribution in [2.45, 2.75) is 31.0 Å². The summed E-state index contributed by atoms with van der Waals surface area (Å²) in [5.41, 5.74) is 0.705. The first kappa shape index (κ1) is 26.6. The molecule has 0 saturated carbocycles. The summed E-state index contributed by atoms with van der Waals surface area (Å²) < 4.78 is 39.9. The van der Waals surface area contributed by atoms with Gasteiger partial charge in [0.25, 0.3) is 15.9 Å². The molecular weight excluding hydrogens is 474 g/mol. The molecule has 12 heteroatoms. The third-order valence-corrected chi connectivity index (χ3v) is 7.47. The highest BCUT2D eigenvalue weighted by Crippen LogP contribution is 2.28. The number of carbonyl (C=O) groups is 1. The molecule has 1 aliphatic heterocycles. The molecule has 35 heavy (non-hydrogen) atoms. The van der Waals surface area contributed by atoms with Crippen LogP contribution in [-0.2, 0) is 21.8 Å². The summed E-state index contributed by atoms with van der Waals surface area (Å²) in [7, 11) is 0.829. The fourth-order valence-corrected chi connectivity index (χ4v) is 4.77. The van der Waals surface area contributed by atoms with Crippen LogP contribution in [0.15, 0.2) is 29.8 Å². The van der Waals surface area contributed by atoms with Gasteiger partial charge in [0.15, 0.2) is 5.03 Å². The van der Waals surface area contributed by atoms with E-state index in [1.807, 2.05) is 6.92 Å². The van der Waals surface area contributed by atoms with Gasteiger partial charge >= 0.3 is 0 Å². The van der Waals surface area contributed by atoms with Crippen molar-refractivity contribution in [1.29, 1.82) is 0 Å². The van der Waals surface area contributed by atoms with Gasteiger partial charge in [-0.05, 0) is 13.0 Å². The van der Waals surface area contributed by atoms with Crippen molar-refractivity contribution in [3.63, 3.8) is 0 Å². The van der Waals surface area contributed by atoms with Gasteiger partial charge < -0.3 is 24.0 Å². The number of carbonyl (C=O) groups excluding carboxylic acids is 1. The van der Waals surface area contributed by atoms with Crippen LogP contribution in [0, 0.1) is 17.8 Å². The van der Waals surface area contributed by atoms with Crippen LogP contribution in [-0.4, -0.2) is 95.8 Å². The van der Waals surface area contributed by atoms with Gasteiger partial charge in [-0.2, -0.15) is 4.31 Å². The van der Waals surface area contributed by atoms with E-state index in [2.05, 4.69) is 21.8 Å². The number of aryl methyl sites for hydroxylation is 1. The summed E-state index contributed by atoms with van der Waals surface area (Å²) in [6.45, 7) is 3.87. The van der Waals surface area contributed by atoms with Crippen molar-refractivity contribution in [3.05, 3.63) is 35.9 Å². The molecule has 11 nitrogen and oxygen atoms in total. The molecule has 1 N–H and O–H groups in total. The second-order valence-corrected chi connectivity index (χ2v) is 10.6. The second kappa shape index (κ2) is 11.2. The molecule has 3 rings (SSSR count). The lowest BCUT2D eigenvalue weighted by Gasteiger charge is -2.37. The maximum absolute atomic E-state index is 13.4. The van der Waals surface area contributed by atoms with Gasteiger partial charge in [0.2, 0.25) is 5.88 Å². The summed E-state index contributed by atoms with van der Waals surface area (Å²) >= 11 is 0. The normalized spacial score (nSPS) is 19.3. The van der Waals surface area contributed by atoms with Crippen molar-refractivity contribution in [2.24, 2.45) is 13.0 Å². The predicted molar refractivity (Wildman–Crippen MR) is 127 cm³/mol. The molecule has 0 bridgehead atoms. The SMILES string of the molecule is COCC#Cc1cnc2c(c1)C(=O)N([C@H](C)CO)C[C@H](C)[C@H](CN(C)S(=O)(=O)c1cn(C)cn1)O2. The Labute approximate surface area is 205 Å². The number of pyridine rings is 1. The Kier molecular flexibility index (Phi) is 8.50. The first-order valence-corrected chi connectivity index (χ1v) is 12.5. The first-order valence-electron chi connectivity index (χ1n) is 11.1. The maximum atomic E-state index is 13.4. The fraction of sp³-hybridized carbons (Fsp3) is 0.522. The van der Waals surface area contributed by atoms with Gasteiger partial charge in [-0.15, -0.1) is 0 Å². The number of hydrogen-bond donors (Lipinski definition) is 1. The van der Waals surface area contributed by atoms with E-state index in [0.717, 1.165) is 0 Å². The van der Waals surface area contributed by atoms with Crippen LogP contribution < -0.4 is 4.74 Å². The van der Waals surface area contributed by atoms with Crippen molar-refractivity contribution < 1.29 is 27.8 Å². The number of ether oxygens (including phenoxy) is 2. The zero-order valence-corrected chi connectivity index (χ0v) is 21.3. The lowest BCUT2D eigenvalue weighted by atomic mass is 10.0. The Hall–Kier alpha value is -2.98. The molecule has 3 atom stereocenters. The van der Waals surface area contributed by atoms with Gasteiger partial charge in [-0.25, -0.2) is 18.4 Å². The highest BCUT2D eigenvalue weighted by Gasteiger charge is 2.36. The maximum Gasteiger partial charge on any atom is 0.261 e. The lowest BCUT2D eigenvalue weighted by molar-refractivity contribution is 0.0373. The van der Waals surface area contributed by atoms with E-state index < -0.39 is 22.2 Å². The summed E-state index contributed by atoms with van der Waals surface area (Å²) in [6.07, 6.45) is 3.71. The highest BCUT2D eigenvalue weighted by atomic mass is 32.2. The Balaban J connectivity index is 1.97. The Morgan fingerprint density at radius 1 is 1.40 bits per heavy atom. The minimum Gasteiger partial charge on any atom is -0.472 e. The number of aromatic nitrogens is 3. The lowest BCUT2D eigenvalue weighted by Crippen LogP contribution is -2.50. The number of amides is 1. The standard InChI is InChI=1S/C23H31N5O6S/c1-16-11-28(17(2)14-29)23(30)19-9-18(7-6-8-33-5)10-24-22(19)34-20(16)12-27(4)35(31,32)21-13-26(3)15-25-21/h9-10,13,15-17,20,29H,8,11-12,14H2,1-5H3/t16-,17+,20-/m0/s1. The number of methoxy groups -OCH3 is 1. The van der Waals surface area contributed by atoms with E-state index in [4.69, 9.17) is 9.47 Å². The first-order chi connectivity index (χ1) is 16.6. The molecule has 0 unspecified atom stereocenters. The van der Waals surface area contributed by atoms with Gasteiger partial charge in [0.1, 0.15) is 18.3 Å². The van der Waals surface area contributed by atoms with E-state index in [-0.39, 0.29) is 54.6 Å². The zero-order valence-electron chi connectivity index (χ0n) is 20.5. The molecule has 3 heterocycles. The van der Waals surface area contributed by atoms with Crippen LogP contribution in [0.5, 0.6) is 5.88 Å². The largest absolute Gasteiger partial charge is 0.472 e. The van der Waals surface area contributed by atoms with Gasteiger partial charge in [-0.1, -0.05) is 18.8 Å². The van der Waals surface area contributed by atoms with E-state index in [1.165, 1.54) is 37.2 Å². The van der Waals surface area contributed by atoms with Gasteiger partial charge in [-0.3, -0.25) is 4.79 Å². The Bertz CT molecular complexity index is 1220. The van der Waals surface area contributed by atoms with Crippen molar-refractivity contribution in [1.82, 2.24) is 23.7 Å². The number of aliphatic hydroxyl groups is 1. The van der Waals surface area contributed by atoms with Gasteiger partial charge in [0, 0.05) is 51.6 Å². The number of hydrogen-bond acceptors (Lipinski definition) is 8. The van der Waals surface area contributed by atoms with Crippen molar-refractivity contribution in [2.75, 3.05) is 40.5 Å². The molecule has 0 aromatic carbocycles. The van der Waals surface area contributed by atoms with E-state index in [9.17, 15) is 18.3 Å². The number of imidazole rings is 1. The molecule has 2 aromatic rings. The number of nitrogens with zero attached hydrogens (tertiary/aromatic N) is 5. The van der Waals surface area contributed by atoms with Crippen LogP contribution in [0.1, 0.15) is 29.8 Å². The highest BCUT2D eigenvalue weighted by molar-refractivity contribution is 7.89. The number of rotatable bonds is 7. The monoisotopic (exact) mass is 505 g/mol. The number of aliphatic hydroxyl groups excluding tert-OH is 1. The minimum absolute atomic E-state index is 0.00608. The summed E-state index contributed by atoms with van der Waals surface area (Å²) in [5.74, 6) is 5.19. The van der Waals surface area contributed by atoms with E-state index in [0.29, 0.717) is 5.56 Å². The van der Waals surface area contributed by atoms with Crippen LogP contribution in [0.3, 0.4) is 0 Å². The molecule has 1 amide bonds. The predicted octanol–water partition coefficient (Wildman–Crippen LogP) is 0.354. The molecular formula is C23H31N5O6S. The average molecular weight is 506 g/mol. The van der Waals surface area contributed by atoms with Crippen molar-refractivity contribution in [3.8, 4) is 17.7 Å². The molecule has 0 aliphatic carbocycles. The quantitative estimate of drug-likeness (QED) is 0.534. The third kappa shape index (κ3) is 5.99. The smallest absolute Gasteiger partial charge is 0.261 e. The molecule has 2 aromatic heterocycles. The molecule has 1 aliphatic rings. The Morgan fingerprint density at radius 3 is 2.77 bits per heavy atom. The van der Waals surface area contributed by atoms with Gasteiger partial charge in [0.05, 0.1) is 25.5 Å². The van der Waals surface area contributed by atoms with Crippen LogP contribution >= 0.6 is 0 Å². The molecule has 0 fully saturated rings. The summed E-state index contributed by atoms with van der Waals surface area (Å²) in [4.78, 5) is 23.2. The minimum atomic E-state index is -3.85. The average Bonchev–Trinajstić information content (AvgIpc) is 3.28. The second-order valence-electron chi connectivity index (χ2n) is 8.60. The zero-order chi connectivity index (χ0) is 25.8. The molecule has 0 saturated heterocycles. The third-order valence-electron chi connectivity index (χ3n) is 5.76. The molecule has 0 radical (unpaired) electrons. The molecule has 0 spiro atoms. The van der Waals surface area contributed by atoms with Crippen LogP contribution in [0.25, 0.3) is 0 Å². The molecule has 190 valence electrons. The topological polar surface area (TPSA) is 127 Å². The summed E-state index contributed by atoms with van der Waals surface area (Å²) in [5, 5.41) is 9.71. The Morgan fingerprint density at radius 2 is 2.14 bits per heavy atom. The van der Waals surface area contributed by atoms with Crippen LogP contribution in [0.4, 0.5) is 0 Å². The van der Waals surface area contributed by atoms with E-state index >= 15 is 0 Å². The summed E-state index contributed by atoms with van der Waals surface area (Å²) in [6, 6.07) is 1.13. The number of sulfonamides is 1. The fourth-order valence-electron chi connectivity index (χ4n) is 3.63.